The fourth-order valence-corrected chi connectivity index (χ4v) is 2.81. The lowest BCUT2D eigenvalue weighted by Crippen LogP contribution is -2.14. The highest BCUT2D eigenvalue weighted by Gasteiger charge is 2.20. The van der Waals surface area contributed by atoms with Crippen LogP contribution in [0.15, 0.2) is 53.7 Å². The number of rotatable bonds is 2. The third-order valence-corrected chi connectivity index (χ3v) is 4.04. The Morgan fingerprint density at radius 1 is 1.06 bits per heavy atom. The predicted molar refractivity (Wildman–Crippen MR) is 64.3 cm³/mol. The molecule has 1 aromatic carbocycles. The molecule has 0 saturated carbocycles. The van der Waals surface area contributed by atoms with E-state index in [2.05, 4.69) is 15.3 Å². The molecule has 7 heteroatoms. The fraction of sp³-hybridized carbons (Fsp3) is 0. The van der Waals surface area contributed by atoms with Gasteiger partial charge in [0.1, 0.15) is 15.9 Å². The first-order valence-corrected chi connectivity index (χ1v) is 6.60. The molecule has 0 radical (unpaired) electrons. The predicted octanol–water partition coefficient (Wildman–Crippen LogP) is 1.06. The molecule has 0 unspecified atom stereocenters. The maximum atomic E-state index is 12.3. The molecule has 0 N–H and O–H groups in total. The lowest BCUT2D eigenvalue weighted by Gasteiger charge is -2.03. The van der Waals surface area contributed by atoms with Crippen LogP contribution in [0.5, 0.6) is 0 Å². The normalized spacial score (nSPS) is 11.8. The van der Waals surface area contributed by atoms with Crippen LogP contribution in [0.3, 0.4) is 0 Å². The van der Waals surface area contributed by atoms with Crippen molar-refractivity contribution in [2.75, 3.05) is 0 Å². The second-order valence-corrected chi connectivity index (χ2v) is 5.38. The number of para-hydroxylation sites is 1. The summed E-state index contributed by atoms with van der Waals surface area (Å²) < 4.78 is 25.6. The lowest BCUT2D eigenvalue weighted by atomic mass is 10.3. The van der Waals surface area contributed by atoms with Crippen molar-refractivity contribution in [1.82, 2.24) is 19.4 Å². The molecule has 0 aliphatic rings. The molecule has 0 fully saturated rings. The van der Waals surface area contributed by atoms with Gasteiger partial charge < -0.3 is 0 Å². The Balaban J connectivity index is 2.27. The van der Waals surface area contributed by atoms with Crippen LogP contribution in [0, 0.1) is 0 Å². The van der Waals surface area contributed by atoms with Gasteiger partial charge in [0.2, 0.25) is 0 Å². The third kappa shape index (κ3) is 1.56. The number of fused-ring (bicyclic) bond motifs is 1. The zero-order chi connectivity index (χ0) is 12.6. The molecule has 18 heavy (non-hydrogen) atoms. The number of hydrogen-bond donors (Lipinski definition) is 0. The molecule has 90 valence electrons. The Labute approximate surface area is 103 Å². The second kappa shape index (κ2) is 3.88. The van der Waals surface area contributed by atoms with Gasteiger partial charge in [0.05, 0.1) is 0 Å². The van der Waals surface area contributed by atoms with Gasteiger partial charge in [-0.05, 0) is 24.3 Å². The van der Waals surface area contributed by atoms with E-state index in [0.29, 0.717) is 11.0 Å². The van der Waals surface area contributed by atoms with Gasteiger partial charge in [-0.25, -0.2) is 0 Å². The van der Waals surface area contributed by atoms with Crippen molar-refractivity contribution in [3.8, 4) is 0 Å². The van der Waals surface area contributed by atoms with Gasteiger partial charge in [-0.1, -0.05) is 17.3 Å². The monoisotopic (exact) mass is 260 g/mol. The quantitative estimate of drug-likeness (QED) is 0.688. The summed E-state index contributed by atoms with van der Waals surface area (Å²) in [5, 5.41) is 7.52. The van der Waals surface area contributed by atoms with E-state index in [1.807, 2.05) is 0 Å². The molecule has 3 aromatic rings. The highest BCUT2D eigenvalue weighted by molar-refractivity contribution is 7.90. The van der Waals surface area contributed by atoms with Crippen molar-refractivity contribution < 1.29 is 8.42 Å². The van der Waals surface area contributed by atoms with Gasteiger partial charge in [-0.3, -0.25) is 4.98 Å². The Morgan fingerprint density at radius 2 is 1.89 bits per heavy atom. The summed E-state index contributed by atoms with van der Waals surface area (Å²) >= 11 is 0. The number of pyridine rings is 1. The molecule has 2 heterocycles. The van der Waals surface area contributed by atoms with Crippen LogP contribution in [-0.2, 0) is 10.0 Å². The molecule has 0 atom stereocenters. The van der Waals surface area contributed by atoms with Crippen LogP contribution in [0.1, 0.15) is 0 Å². The average Bonchev–Trinajstić information content (AvgIpc) is 2.84. The first-order chi connectivity index (χ1) is 8.69. The van der Waals surface area contributed by atoms with Crippen LogP contribution in [-0.4, -0.2) is 27.8 Å². The van der Waals surface area contributed by atoms with Crippen LogP contribution >= 0.6 is 0 Å². The zero-order valence-electron chi connectivity index (χ0n) is 9.13. The molecular formula is C11H8N4O2S. The SMILES string of the molecule is O=S(=O)(c1cccnc1)n1nnc2ccccc21. The molecule has 0 amide bonds. The van der Waals surface area contributed by atoms with E-state index in [4.69, 9.17) is 0 Å². The first-order valence-electron chi connectivity index (χ1n) is 5.16. The van der Waals surface area contributed by atoms with E-state index in [9.17, 15) is 8.42 Å². The van der Waals surface area contributed by atoms with Gasteiger partial charge >= 0.3 is 0 Å². The van der Waals surface area contributed by atoms with E-state index in [0.717, 1.165) is 4.09 Å². The maximum Gasteiger partial charge on any atom is 0.286 e. The molecular weight excluding hydrogens is 252 g/mol. The Bertz CT molecular complexity index is 796. The van der Waals surface area contributed by atoms with Gasteiger partial charge in [0.25, 0.3) is 10.0 Å². The van der Waals surface area contributed by atoms with Crippen LogP contribution in [0.25, 0.3) is 11.0 Å². The maximum absolute atomic E-state index is 12.3. The Kier molecular flexibility index (Phi) is 2.34. The van der Waals surface area contributed by atoms with E-state index >= 15 is 0 Å². The molecule has 3 rings (SSSR count). The minimum atomic E-state index is -3.74. The van der Waals surface area contributed by atoms with Gasteiger partial charge in [-0.15, -0.1) is 9.19 Å². The van der Waals surface area contributed by atoms with Crippen molar-refractivity contribution in [2.45, 2.75) is 4.90 Å². The van der Waals surface area contributed by atoms with Gasteiger partial charge in [0.15, 0.2) is 0 Å². The Hall–Kier alpha value is -2.28. The minimum absolute atomic E-state index is 0.0839. The summed E-state index contributed by atoms with van der Waals surface area (Å²) in [5.74, 6) is 0. The molecule has 0 aliphatic heterocycles. The summed E-state index contributed by atoms with van der Waals surface area (Å²) in [5.41, 5.74) is 0.978. The highest BCUT2D eigenvalue weighted by Crippen LogP contribution is 2.17. The molecule has 0 saturated heterocycles. The summed E-state index contributed by atoms with van der Waals surface area (Å²) in [6.07, 6.45) is 2.80. The number of benzene rings is 1. The lowest BCUT2D eigenvalue weighted by molar-refractivity contribution is 0.579. The third-order valence-electron chi connectivity index (χ3n) is 2.48. The molecule has 6 nitrogen and oxygen atoms in total. The Morgan fingerprint density at radius 3 is 2.67 bits per heavy atom. The van der Waals surface area contributed by atoms with Crippen molar-refractivity contribution in [1.29, 1.82) is 0 Å². The first kappa shape index (κ1) is 10.8. The van der Waals surface area contributed by atoms with Crippen LogP contribution in [0.4, 0.5) is 0 Å². The van der Waals surface area contributed by atoms with Crippen LogP contribution < -0.4 is 0 Å². The van der Waals surface area contributed by atoms with Gasteiger partial charge in [0, 0.05) is 12.4 Å². The average molecular weight is 260 g/mol. The standard InChI is InChI=1S/C11H8N4O2S/c16-18(17,9-4-3-7-12-8-9)15-11-6-2-1-5-10(11)13-14-15/h1-8H. The van der Waals surface area contributed by atoms with E-state index in [-0.39, 0.29) is 4.90 Å². The fourth-order valence-electron chi connectivity index (χ4n) is 1.62. The number of hydrogen-bond acceptors (Lipinski definition) is 5. The van der Waals surface area contributed by atoms with Crippen molar-refractivity contribution >= 4 is 21.1 Å². The summed E-state index contributed by atoms with van der Waals surface area (Å²) in [6, 6.07) is 9.91. The zero-order valence-corrected chi connectivity index (χ0v) is 9.95. The van der Waals surface area contributed by atoms with E-state index < -0.39 is 10.0 Å². The summed E-state index contributed by atoms with van der Waals surface area (Å²) in [6.45, 7) is 0. The summed E-state index contributed by atoms with van der Waals surface area (Å²) in [7, 11) is -3.74. The molecule has 2 aromatic heterocycles. The smallest absolute Gasteiger partial charge is 0.263 e. The number of aromatic nitrogens is 4. The van der Waals surface area contributed by atoms with Crippen molar-refractivity contribution in [2.24, 2.45) is 0 Å². The highest BCUT2D eigenvalue weighted by atomic mass is 32.2. The van der Waals surface area contributed by atoms with Crippen LogP contribution in [0.2, 0.25) is 0 Å². The van der Waals surface area contributed by atoms with E-state index in [1.54, 1.807) is 30.3 Å². The van der Waals surface area contributed by atoms with Crippen molar-refractivity contribution in [3.63, 3.8) is 0 Å². The van der Waals surface area contributed by atoms with Gasteiger partial charge in [-0.2, -0.15) is 8.42 Å². The molecule has 0 spiro atoms. The van der Waals surface area contributed by atoms with Crippen molar-refractivity contribution in [3.05, 3.63) is 48.8 Å². The second-order valence-electron chi connectivity index (χ2n) is 3.61. The summed E-state index contributed by atoms with van der Waals surface area (Å²) in [4.78, 5) is 3.88. The molecule has 0 bridgehead atoms. The molecule has 0 aliphatic carbocycles. The number of nitrogens with zero attached hydrogens (tertiary/aromatic N) is 4. The largest absolute Gasteiger partial charge is 0.286 e. The minimum Gasteiger partial charge on any atom is -0.263 e. The topological polar surface area (TPSA) is 77.7 Å². The van der Waals surface area contributed by atoms with E-state index in [1.165, 1.54) is 18.5 Å².